The number of hydrogen-bond donors (Lipinski definition) is 1. The minimum Gasteiger partial charge on any atom is -0.463 e. The van der Waals surface area contributed by atoms with Gasteiger partial charge in [0.2, 0.25) is 0 Å². The van der Waals surface area contributed by atoms with Crippen LogP contribution in [0.25, 0.3) is 0 Å². The predicted molar refractivity (Wildman–Crippen MR) is 65.2 cm³/mol. The molecule has 3 nitrogen and oxygen atoms in total. The first-order chi connectivity index (χ1) is 7.72. The van der Waals surface area contributed by atoms with Gasteiger partial charge in [0, 0.05) is 18.2 Å². The summed E-state index contributed by atoms with van der Waals surface area (Å²) in [6, 6.07) is 0.864. The second-order valence-electron chi connectivity index (χ2n) is 4.40. The third kappa shape index (κ3) is 5.31. The summed E-state index contributed by atoms with van der Waals surface area (Å²) in [6.45, 7) is 4.33. The largest absolute Gasteiger partial charge is 0.463 e. The van der Waals surface area contributed by atoms with Gasteiger partial charge in [-0.1, -0.05) is 25.3 Å². The lowest BCUT2D eigenvalue weighted by molar-refractivity contribution is -0.137. The van der Waals surface area contributed by atoms with Crippen LogP contribution in [-0.4, -0.2) is 24.7 Å². The topological polar surface area (TPSA) is 38.3 Å². The molecule has 1 atom stereocenters. The van der Waals surface area contributed by atoms with Gasteiger partial charge in [0.1, 0.15) is 0 Å². The van der Waals surface area contributed by atoms with E-state index in [0.29, 0.717) is 12.6 Å². The van der Waals surface area contributed by atoms with Crippen molar-refractivity contribution in [2.75, 3.05) is 6.61 Å². The lowest BCUT2D eigenvalue weighted by atomic mass is 9.95. The van der Waals surface area contributed by atoms with Crippen molar-refractivity contribution in [2.45, 2.75) is 58.0 Å². The maximum absolute atomic E-state index is 11.1. The number of nitrogens with one attached hydrogen (secondary N) is 1. The van der Waals surface area contributed by atoms with Gasteiger partial charge in [0.05, 0.1) is 6.61 Å². The molecule has 0 bridgehead atoms. The molecule has 0 unspecified atom stereocenters. The summed E-state index contributed by atoms with van der Waals surface area (Å²) < 4.78 is 4.83. The quantitative estimate of drug-likeness (QED) is 0.577. The van der Waals surface area contributed by atoms with Crippen molar-refractivity contribution in [3.8, 4) is 0 Å². The highest BCUT2D eigenvalue weighted by atomic mass is 16.5. The smallest absolute Gasteiger partial charge is 0.330 e. The van der Waals surface area contributed by atoms with Gasteiger partial charge >= 0.3 is 5.97 Å². The Labute approximate surface area is 98.2 Å². The first-order valence-electron chi connectivity index (χ1n) is 6.33. The molecule has 0 spiro atoms. The summed E-state index contributed by atoms with van der Waals surface area (Å²) in [7, 11) is 0. The lowest BCUT2D eigenvalue weighted by Crippen LogP contribution is -2.36. The minimum absolute atomic E-state index is 0.243. The molecule has 1 rings (SSSR count). The van der Waals surface area contributed by atoms with Crippen LogP contribution in [0.15, 0.2) is 12.2 Å². The van der Waals surface area contributed by atoms with Crippen molar-refractivity contribution in [3.63, 3.8) is 0 Å². The zero-order valence-corrected chi connectivity index (χ0v) is 10.4. The van der Waals surface area contributed by atoms with Gasteiger partial charge in [0.25, 0.3) is 0 Å². The van der Waals surface area contributed by atoms with Gasteiger partial charge in [-0.05, 0) is 26.7 Å². The monoisotopic (exact) mass is 225 g/mol. The second-order valence-corrected chi connectivity index (χ2v) is 4.40. The molecule has 1 aliphatic rings. The van der Waals surface area contributed by atoms with E-state index in [9.17, 15) is 4.79 Å². The first-order valence-corrected chi connectivity index (χ1v) is 6.33. The molecular formula is C13H23NO2. The Kier molecular flexibility index (Phi) is 6.16. The van der Waals surface area contributed by atoms with Crippen molar-refractivity contribution < 1.29 is 9.53 Å². The molecule has 92 valence electrons. The van der Waals surface area contributed by atoms with Gasteiger partial charge in [0.15, 0.2) is 0 Å². The van der Waals surface area contributed by atoms with Crippen molar-refractivity contribution in [3.05, 3.63) is 12.2 Å². The third-order valence-corrected chi connectivity index (χ3v) is 2.91. The van der Waals surface area contributed by atoms with Crippen LogP contribution in [0, 0.1) is 0 Å². The summed E-state index contributed by atoms with van der Waals surface area (Å²) in [5.74, 6) is -0.250. The molecular weight excluding hydrogens is 202 g/mol. The van der Waals surface area contributed by atoms with Crippen LogP contribution < -0.4 is 5.32 Å². The van der Waals surface area contributed by atoms with E-state index in [1.165, 1.54) is 38.2 Å². The lowest BCUT2D eigenvalue weighted by Gasteiger charge is -2.25. The molecule has 0 aromatic rings. The SMILES string of the molecule is CCOC(=O)/C=C/[C@H](C)NC1CCCCC1. The number of esters is 1. The molecule has 3 heteroatoms. The normalized spacial score (nSPS) is 19.9. The van der Waals surface area contributed by atoms with Crippen LogP contribution in [0.2, 0.25) is 0 Å². The molecule has 0 aromatic carbocycles. The molecule has 0 saturated heterocycles. The van der Waals surface area contributed by atoms with E-state index < -0.39 is 0 Å². The highest BCUT2D eigenvalue weighted by molar-refractivity contribution is 5.81. The maximum atomic E-state index is 11.1. The average Bonchev–Trinajstić information content (AvgIpc) is 2.28. The molecule has 16 heavy (non-hydrogen) atoms. The molecule has 1 saturated carbocycles. The van der Waals surface area contributed by atoms with Gasteiger partial charge in [-0.3, -0.25) is 0 Å². The second kappa shape index (κ2) is 7.44. The predicted octanol–water partition coefficient (Wildman–Crippen LogP) is 2.42. The molecule has 0 amide bonds. The number of ether oxygens (including phenoxy) is 1. The summed E-state index contributed by atoms with van der Waals surface area (Å²) >= 11 is 0. The fraction of sp³-hybridized carbons (Fsp3) is 0.769. The van der Waals surface area contributed by atoms with E-state index in [0.717, 1.165) is 0 Å². The molecule has 1 fully saturated rings. The van der Waals surface area contributed by atoms with Gasteiger partial charge in [-0.25, -0.2) is 4.79 Å². The van der Waals surface area contributed by atoms with E-state index in [-0.39, 0.29) is 12.0 Å². The van der Waals surface area contributed by atoms with Crippen LogP contribution in [0.3, 0.4) is 0 Å². The fourth-order valence-electron chi connectivity index (χ4n) is 2.11. The van der Waals surface area contributed by atoms with E-state index in [1.54, 1.807) is 0 Å². The minimum atomic E-state index is -0.250. The van der Waals surface area contributed by atoms with E-state index in [4.69, 9.17) is 4.74 Å². The standard InChI is InChI=1S/C13H23NO2/c1-3-16-13(15)10-9-11(2)14-12-7-5-4-6-8-12/h9-12,14H,3-8H2,1-2H3/b10-9+/t11-/m0/s1. The molecule has 0 radical (unpaired) electrons. The van der Waals surface area contributed by atoms with Crippen LogP contribution in [-0.2, 0) is 9.53 Å². The molecule has 0 aromatic heterocycles. The summed E-state index contributed by atoms with van der Waals surface area (Å²) in [5, 5.41) is 3.52. The third-order valence-electron chi connectivity index (χ3n) is 2.91. The Morgan fingerprint density at radius 3 is 2.75 bits per heavy atom. The Morgan fingerprint density at radius 2 is 2.12 bits per heavy atom. The van der Waals surface area contributed by atoms with Crippen molar-refractivity contribution in [2.24, 2.45) is 0 Å². The molecule has 1 aliphatic carbocycles. The number of rotatable bonds is 5. The van der Waals surface area contributed by atoms with Gasteiger partial charge in [-0.2, -0.15) is 0 Å². The zero-order valence-electron chi connectivity index (χ0n) is 10.4. The number of hydrogen-bond acceptors (Lipinski definition) is 3. The maximum Gasteiger partial charge on any atom is 0.330 e. The summed E-state index contributed by atoms with van der Waals surface area (Å²) in [6.07, 6.45) is 9.94. The Balaban J connectivity index is 2.23. The van der Waals surface area contributed by atoms with Crippen LogP contribution in [0.5, 0.6) is 0 Å². The molecule has 0 heterocycles. The Bertz CT molecular complexity index is 232. The molecule has 1 N–H and O–H groups in total. The molecule has 0 aliphatic heterocycles. The van der Waals surface area contributed by atoms with E-state index >= 15 is 0 Å². The van der Waals surface area contributed by atoms with Crippen molar-refractivity contribution in [1.82, 2.24) is 5.32 Å². The zero-order chi connectivity index (χ0) is 11.8. The fourth-order valence-corrected chi connectivity index (χ4v) is 2.11. The van der Waals surface area contributed by atoms with E-state index in [1.807, 2.05) is 13.0 Å². The van der Waals surface area contributed by atoms with Crippen LogP contribution in [0.1, 0.15) is 46.0 Å². The van der Waals surface area contributed by atoms with Gasteiger partial charge < -0.3 is 10.1 Å². The van der Waals surface area contributed by atoms with E-state index in [2.05, 4.69) is 12.2 Å². The van der Waals surface area contributed by atoms with Crippen molar-refractivity contribution >= 4 is 5.97 Å². The summed E-state index contributed by atoms with van der Waals surface area (Å²) in [4.78, 5) is 11.1. The highest BCUT2D eigenvalue weighted by Gasteiger charge is 2.14. The van der Waals surface area contributed by atoms with Crippen LogP contribution in [0.4, 0.5) is 0 Å². The Morgan fingerprint density at radius 1 is 1.44 bits per heavy atom. The summed E-state index contributed by atoms with van der Waals surface area (Å²) in [5.41, 5.74) is 0. The number of carbonyl (C=O) groups excluding carboxylic acids is 1. The first kappa shape index (κ1) is 13.2. The average molecular weight is 225 g/mol. The highest BCUT2D eigenvalue weighted by Crippen LogP contribution is 2.17. The van der Waals surface area contributed by atoms with Crippen molar-refractivity contribution in [1.29, 1.82) is 0 Å². The number of carbonyl (C=O) groups is 1. The Hall–Kier alpha value is -0.830. The van der Waals surface area contributed by atoms with Gasteiger partial charge in [-0.15, -0.1) is 0 Å². The van der Waals surface area contributed by atoms with Crippen LogP contribution >= 0.6 is 0 Å².